The summed E-state index contributed by atoms with van der Waals surface area (Å²) in [6.07, 6.45) is 4.47. The Balaban J connectivity index is 1.79. The van der Waals surface area contributed by atoms with E-state index in [9.17, 15) is 4.79 Å². The molecule has 0 saturated carbocycles. The molecule has 9 nitrogen and oxygen atoms in total. The lowest BCUT2D eigenvalue weighted by atomic mass is 10.1. The van der Waals surface area contributed by atoms with Crippen LogP contribution >= 0.6 is 11.6 Å². The van der Waals surface area contributed by atoms with Gasteiger partial charge in [0.05, 0.1) is 11.3 Å². The third-order valence-corrected chi connectivity index (χ3v) is 4.58. The molecule has 0 atom stereocenters. The summed E-state index contributed by atoms with van der Waals surface area (Å²) in [6.45, 7) is 1.89. The molecular formula is C17H11ClN8O. The summed E-state index contributed by atoms with van der Waals surface area (Å²) in [4.78, 5) is 12.8. The van der Waals surface area contributed by atoms with Gasteiger partial charge in [-0.25, -0.2) is 13.9 Å². The zero-order valence-electron chi connectivity index (χ0n) is 14.0. The van der Waals surface area contributed by atoms with Crippen molar-refractivity contribution in [3.05, 3.63) is 70.3 Å². The van der Waals surface area contributed by atoms with Gasteiger partial charge in [0.25, 0.3) is 5.56 Å². The molecule has 0 amide bonds. The molecule has 5 aromatic rings. The fourth-order valence-electron chi connectivity index (χ4n) is 3.09. The molecule has 0 aliphatic heterocycles. The van der Waals surface area contributed by atoms with Crippen LogP contribution in [0.25, 0.3) is 27.8 Å². The largest absolute Gasteiger partial charge is 0.299 e. The van der Waals surface area contributed by atoms with E-state index in [1.165, 1.54) is 22.0 Å². The number of halogens is 1. The molecule has 27 heavy (non-hydrogen) atoms. The minimum absolute atomic E-state index is 0.198. The first kappa shape index (κ1) is 15.6. The molecule has 0 radical (unpaired) electrons. The van der Waals surface area contributed by atoms with Crippen LogP contribution in [0, 0.1) is 6.92 Å². The Morgan fingerprint density at radius 2 is 1.74 bits per heavy atom. The van der Waals surface area contributed by atoms with Crippen LogP contribution in [-0.2, 0) is 0 Å². The van der Waals surface area contributed by atoms with Crippen LogP contribution in [0.1, 0.15) is 5.69 Å². The van der Waals surface area contributed by atoms with E-state index in [4.69, 9.17) is 11.6 Å². The average molecular weight is 379 g/mol. The molecule has 0 N–H and O–H groups in total. The summed E-state index contributed by atoms with van der Waals surface area (Å²) in [7, 11) is 0. The van der Waals surface area contributed by atoms with Crippen LogP contribution in [0.2, 0.25) is 5.02 Å². The van der Waals surface area contributed by atoms with E-state index in [1.54, 1.807) is 16.8 Å². The van der Waals surface area contributed by atoms with Crippen molar-refractivity contribution >= 4 is 28.3 Å². The highest BCUT2D eigenvalue weighted by molar-refractivity contribution is 6.30. The van der Waals surface area contributed by atoms with Gasteiger partial charge in [0.15, 0.2) is 11.2 Å². The predicted octanol–water partition coefficient (Wildman–Crippen LogP) is 1.97. The number of nitrogens with zero attached hydrogens (tertiary/aromatic N) is 8. The summed E-state index contributed by atoms with van der Waals surface area (Å²) in [6, 6.07) is 9.19. The molecule has 132 valence electrons. The lowest BCUT2D eigenvalue weighted by molar-refractivity contribution is 0.630. The standard InChI is InChI=1S/C17H11ClN8O/c1-10-14(11-2-4-12(18)5-3-11)16-22-21-15-13(26(16)23-10)6-7-25(17(15)27)24-8-19-20-9-24/h2-9H,1H3. The van der Waals surface area contributed by atoms with Crippen molar-refractivity contribution < 1.29 is 0 Å². The maximum Gasteiger partial charge on any atom is 0.299 e. The molecule has 4 heterocycles. The van der Waals surface area contributed by atoms with Crippen LogP contribution in [0.5, 0.6) is 0 Å². The SMILES string of the molecule is Cc1nn2c(nnc3c(=O)n(-n4cnnc4)ccc32)c1-c1ccc(Cl)cc1. The maximum atomic E-state index is 12.8. The van der Waals surface area contributed by atoms with Gasteiger partial charge in [-0.2, -0.15) is 5.10 Å². The second kappa shape index (κ2) is 5.71. The molecule has 0 aliphatic rings. The van der Waals surface area contributed by atoms with E-state index in [2.05, 4.69) is 25.5 Å². The highest BCUT2D eigenvalue weighted by Gasteiger charge is 2.17. The Labute approximate surface area is 156 Å². The number of aryl methyl sites for hydroxylation is 1. The van der Waals surface area contributed by atoms with E-state index in [0.717, 1.165) is 16.8 Å². The van der Waals surface area contributed by atoms with Crippen LogP contribution in [0.3, 0.4) is 0 Å². The van der Waals surface area contributed by atoms with Crippen molar-refractivity contribution in [3.8, 4) is 11.1 Å². The van der Waals surface area contributed by atoms with Crippen LogP contribution in [-0.4, -0.2) is 39.4 Å². The number of rotatable bonds is 2. The number of hydrogen-bond donors (Lipinski definition) is 0. The van der Waals surface area contributed by atoms with Gasteiger partial charge in [0.1, 0.15) is 18.2 Å². The molecule has 0 bridgehead atoms. The van der Waals surface area contributed by atoms with Crippen molar-refractivity contribution in [2.75, 3.05) is 0 Å². The minimum Gasteiger partial charge on any atom is -0.265 e. The first-order valence-corrected chi connectivity index (χ1v) is 8.40. The van der Waals surface area contributed by atoms with Crippen molar-refractivity contribution in [2.24, 2.45) is 0 Å². The molecule has 0 fully saturated rings. The molecule has 0 unspecified atom stereocenters. The zero-order valence-corrected chi connectivity index (χ0v) is 14.7. The van der Waals surface area contributed by atoms with Crippen LogP contribution in [0.4, 0.5) is 0 Å². The Morgan fingerprint density at radius 1 is 1.00 bits per heavy atom. The lowest BCUT2D eigenvalue weighted by Gasteiger charge is -2.06. The second-order valence-corrected chi connectivity index (χ2v) is 6.38. The number of benzene rings is 1. The van der Waals surface area contributed by atoms with E-state index in [-0.39, 0.29) is 11.1 Å². The molecule has 1 aromatic carbocycles. The van der Waals surface area contributed by atoms with Crippen molar-refractivity contribution in [1.29, 1.82) is 0 Å². The Morgan fingerprint density at radius 3 is 2.48 bits per heavy atom. The van der Waals surface area contributed by atoms with Crippen LogP contribution in [0.15, 0.2) is 54.0 Å². The zero-order chi connectivity index (χ0) is 18.5. The summed E-state index contributed by atoms with van der Waals surface area (Å²) >= 11 is 5.99. The number of pyridine rings is 1. The molecular weight excluding hydrogens is 368 g/mol. The smallest absolute Gasteiger partial charge is 0.265 e. The van der Waals surface area contributed by atoms with Crippen molar-refractivity contribution in [1.82, 2.24) is 39.4 Å². The van der Waals surface area contributed by atoms with Gasteiger partial charge in [-0.05, 0) is 30.7 Å². The maximum absolute atomic E-state index is 12.8. The predicted molar refractivity (Wildman–Crippen MR) is 98.5 cm³/mol. The van der Waals surface area contributed by atoms with Crippen molar-refractivity contribution in [3.63, 3.8) is 0 Å². The third kappa shape index (κ3) is 2.32. The molecule has 0 saturated heterocycles. The first-order chi connectivity index (χ1) is 13.1. The molecule has 10 heteroatoms. The summed E-state index contributed by atoms with van der Waals surface area (Å²) in [5, 5.41) is 21.1. The Hall–Kier alpha value is -3.59. The minimum atomic E-state index is -0.345. The lowest BCUT2D eigenvalue weighted by Crippen LogP contribution is -2.26. The first-order valence-electron chi connectivity index (χ1n) is 8.02. The highest BCUT2D eigenvalue weighted by atomic mass is 35.5. The van der Waals surface area contributed by atoms with Gasteiger partial charge < -0.3 is 0 Å². The highest BCUT2D eigenvalue weighted by Crippen LogP contribution is 2.28. The Bertz CT molecular complexity index is 1350. The van der Waals surface area contributed by atoms with Crippen molar-refractivity contribution in [2.45, 2.75) is 6.92 Å². The van der Waals surface area contributed by atoms with E-state index >= 15 is 0 Å². The molecule has 4 aromatic heterocycles. The second-order valence-electron chi connectivity index (χ2n) is 5.94. The van der Waals surface area contributed by atoms with Crippen LogP contribution < -0.4 is 5.56 Å². The quantitative estimate of drug-likeness (QED) is 0.466. The normalized spacial score (nSPS) is 11.5. The van der Waals surface area contributed by atoms with Gasteiger partial charge in [-0.3, -0.25) is 4.79 Å². The van der Waals surface area contributed by atoms with Gasteiger partial charge in [0, 0.05) is 11.2 Å². The number of fused-ring (bicyclic) bond motifs is 3. The number of aromatic nitrogens is 8. The van der Waals surface area contributed by atoms with E-state index < -0.39 is 0 Å². The average Bonchev–Trinajstić information content (AvgIpc) is 3.30. The summed E-state index contributed by atoms with van der Waals surface area (Å²) < 4.78 is 4.44. The molecule has 5 rings (SSSR count). The number of hydrogen-bond acceptors (Lipinski definition) is 6. The van der Waals surface area contributed by atoms with Gasteiger partial charge in [0.2, 0.25) is 0 Å². The molecule has 0 spiro atoms. The monoisotopic (exact) mass is 378 g/mol. The van der Waals surface area contributed by atoms with Gasteiger partial charge in [-0.1, -0.05) is 23.7 Å². The topological polar surface area (TPSA) is 95.8 Å². The van der Waals surface area contributed by atoms with E-state index in [0.29, 0.717) is 16.2 Å². The fourth-order valence-corrected chi connectivity index (χ4v) is 3.21. The third-order valence-electron chi connectivity index (χ3n) is 4.32. The Kier molecular flexibility index (Phi) is 3.31. The van der Waals surface area contributed by atoms with Gasteiger partial charge in [-0.15, -0.1) is 20.4 Å². The molecule has 0 aliphatic carbocycles. The van der Waals surface area contributed by atoms with Gasteiger partial charge >= 0.3 is 0 Å². The van der Waals surface area contributed by atoms with E-state index in [1.807, 2.05) is 31.2 Å². The summed E-state index contributed by atoms with van der Waals surface area (Å²) in [5.74, 6) is 0. The summed E-state index contributed by atoms with van der Waals surface area (Å²) in [5.41, 5.74) is 3.55. The fraction of sp³-hybridized carbons (Fsp3) is 0.0588.